The average Bonchev–Trinajstić information content (AvgIpc) is 2.08. The molecule has 0 atom stereocenters. The summed E-state index contributed by atoms with van der Waals surface area (Å²) in [6, 6.07) is 0. The second-order valence-corrected chi connectivity index (χ2v) is 4.07. The van der Waals surface area contributed by atoms with Crippen LogP contribution in [0.5, 0.6) is 0 Å². The third kappa shape index (κ3) is 54.7. The molecule has 0 aliphatic heterocycles. The molecular weight excluding hydrogens is 298 g/mol. The minimum Gasteiger partial charge on any atom is -0.759 e. The third-order valence-corrected chi connectivity index (χ3v) is 1.76. The fraction of sp³-hybridized carbons (Fsp3) is 1.00. The monoisotopic (exact) mass is 318 g/mol. The summed E-state index contributed by atoms with van der Waals surface area (Å²) in [5.41, 5.74) is 0. The maximum absolute atomic E-state index is 8.52. The predicted octanol–water partition coefficient (Wildman–Crippen LogP) is -4.60. The van der Waals surface area contributed by atoms with E-state index in [1.54, 1.807) is 0 Å². The van der Waals surface area contributed by atoms with Crippen LogP contribution in [0.25, 0.3) is 0 Å². The van der Waals surface area contributed by atoms with Crippen molar-refractivity contribution in [2.75, 3.05) is 6.61 Å². The van der Waals surface area contributed by atoms with Crippen LogP contribution in [0, 0.1) is 0 Å². The molecule has 0 rings (SSSR count). The summed E-state index contributed by atoms with van der Waals surface area (Å²) in [5, 5.41) is 8.47. The normalized spacial score (nSPS) is 9.41. The Hall–Kier alpha value is 3.10. The van der Waals surface area contributed by atoms with E-state index in [0.29, 0.717) is 6.61 Å². The van der Waals surface area contributed by atoms with Crippen molar-refractivity contribution in [3.63, 3.8) is 0 Å². The number of unbranched alkanes of at least 4 members (excludes halogenated alkanes) is 6. The Balaban J connectivity index is -0.000000105. The Bertz CT molecular complexity index is 193. The minimum atomic E-state index is -5.17. The minimum absolute atomic E-state index is 0. The first-order valence-electron chi connectivity index (χ1n) is 5.19. The van der Waals surface area contributed by atoms with Crippen LogP contribution in [0.1, 0.15) is 51.9 Å². The van der Waals surface area contributed by atoms with Crippen molar-refractivity contribution < 1.29 is 125 Å². The van der Waals surface area contributed by atoms with Gasteiger partial charge in [-0.25, -0.2) is 0 Å². The zero-order chi connectivity index (χ0) is 12.2. The molecule has 94 valence electrons. The van der Waals surface area contributed by atoms with Crippen molar-refractivity contribution >= 4 is 10.4 Å². The average molecular weight is 319 g/mol. The molecule has 1 N–H and O–H groups in total. The van der Waals surface area contributed by atoms with E-state index in [9.17, 15) is 0 Å². The van der Waals surface area contributed by atoms with Gasteiger partial charge >= 0.3 is 103 Å². The zero-order valence-corrected chi connectivity index (χ0v) is 18.2. The van der Waals surface area contributed by atoms with Crippen LogP contribution < -0.4 is 103 Å². The molecule has 0 bridgehead atoms. The van der Waals surface area contributed by atoms with Gasteiger partial charge in [0.05, 0.1) is 0 Å². The van der Waals surface area contributed by atoms with Crippen LogP contribution in [0.2, 0.25) is 0 Å². The van der Waals surface area contributed by atoms with E-state index >= 15 is 0 Å². The Morgan fingerprint density at radius 3 is 1.47 bits per heavy atom. The molecule has 0 unspecified atom stereocenters. The SMILES string of the molecule is CCCCCCCCCO.O=S(=O)([O-])[O-].[K+].[K+]. The molecule has 0 saturated carbocycles. The Morgan fingerprint density at radius 1 is 0.882 bits per heavy atom. The first-order valence-corrected chi connectivity index (χ1v) is 6.52. The van der Waals surface area contributed by atoms with E-state index in [2.05, 4.69) is 6.92 Å². The second kappa shape index (κ2) is 21.4. The van der Waals surface area contributed by atoms with Crippen LogP contribution in [-0.2, 0) is 10.4 Å². The van der Waals surface area contributed by atoms with Crippen molar-refractivity contribution in [1.82, 2.24) is 0 Å². The van der Waals surface area contributed by atoms with Crippen LogP contribution in [0.15, 0.2) is 0 Å². The number of aliphatic hydroxyl groups is 1. The Labute approximate surface area is 190 Å². The van der Waals surface area contributed by atoms with Gasteiger partial charge in [-0.05, 0) is 6.42 Å². The first kappa shape index (κ1) is 28.3. The molecule has 0 aliphatic rings. The second-order valence-electron chi connectivity index (χ2n) is 3.25. The van der Waals surface area contributed by atoms with Gasteiger partial charge in [-0.1, -0.05) is 45.4 Å². The fourth-order valence-corrected chi connectivity index (χ4v) is 1.07. The van der Waals surface area contributed by atoms with Gasteiger partial charge < -0.3 is 14.2 Å². The molecule has 0 aliphatic carbocycles. The van der Waals surface area contributed by atoms with Gasteiger partial charge in [-0.3, -0.25) is 8.42 Å². The van der Waals surface area contributed by atoms with Crippen LogP contribution in [0.3, 0.4) is 0 Å². The van der Waals surface area contributed by atoms with Crippen LogP contribution >= 0.6 is 0 Å². The summed E-state index contributed by atoms with van der Waals surface area (Å²) in [6.07, 6.45) is 8.93. The molecule has 0 radical (unpaired) electrons. The van der Waals surface area contributed by atoms with Crippen molar-refractivity contribution in [1.29, 1.82) is 0 Å². The summed E-state index contributed by atoms with van der Waals surface area (Å²) in [5.74, 6) is 0. The summed E-state index contributed by atoms with van der Waals surface area (Å²) >= 11 is 0. The molecule has 0 saturated heterocycles. The molecule has 0 fully saturated rings. The van der Waals surface area contributed by atoms with Crippen LogP contribution in [-0.4, -0.2) is 29.2 Å². The van der Waals surface area contributed by atoms with E-state index in [0.717, 1.165) is 6.42 Å². The van der Waals surface area contributed by atoms with Gasteiger partial charge in [0, 0.05) is 17.0 Å². The molecule has 0 amide bonds. The largest absolute Gasteiger partial charge is 1.00 e. The molecule has 0 heterocycles. The number of hydrogen-bond donors (Lipinski definition) is 1. The molecule has 5 nitrogen and oxygen atoms in total. The van der Waals surface area contributed by atoms with Gasteiger partial charge in [0.2, 0.25) is 0 Å². The van der Waals surface area contributed by atoms with Gasteiger partial charge in [0.15, 0.2) is 0 Å². The van der Waals surface area contributed by atoms with Gasteiger partial charge in [-0.2, -0.15) is 0 Å². The van der Waals surface area contributed by atoms with Crippen molar-refractivity contribution in [3.05, 3.63) is 0 Å². The van der Waals surface area contributed by atoms with E-state index in [1.165, 1.54) is 38.5 Å². The number of hydrogen-bond acceptors (Lipinski definition) is 5. The zero-order valence-electron chi connectivity index (χ0n) is 11.1. The Kier molecular flexibility index (Phi) is 35.6. The van der Waals surface area contributed by atoms with Gasteiger partial charge in [-0.15, -0.1) is 0 Å². The molecule has 8 heteroatoms. The summed E-state index contributed by atoms with van der Waals surface area (Å²) in [4.78, 5) is 0. The van der Waals surface area contributed by atoms with Gasteiger partial charge in [0.25, 0.3) is 0 Å². The van der Waals surface area contributed by atoms with E-state index in [4.69, 9.17) is 22.6 Å². The predicted molar refractivity (Wildman–Crippen MR) is 55.6 cm³/mol. The summed E-state index contributed by atoms with van der Waals surface area (Å²) < 4.78 is 34.1. The van der Waals surface area contributed by atoms with E-state index < -0.39 is 10.4 Å². The van der Waals surface area contributed by atoms with Crippen molar-refractivity contribution in [2.45, 2.75) is 51.9 Å². The quantitative estimate of drug-likeness (QED) is 0.220. The molecule has 17 heavy (non-hydrogen) atoms. The topological polar surface area (TPSA) is 100 Å². The standard InChI is InChI=1S/C9H20O.2K.H2O4S/c1-2-3-4-5-6-7-8-9-10;;;1-5(2,3)4/h10H,2-9H2,1H3;;;(H2,1,2,3,4)/q;2*+1;/p-2. The molecule has 0 aromatic carbocycles. The van der Waals surface area contributed by atoms with Crippen molar-refractivity contribution in [3.8, 4) is 0 Å². The summed E-state index contributed by atoms with van der Waals surface area (Å²) in [7, 11) is -5.17. The third-order valence-electron chi connectivity index (χ3n) is 1.76. The van der Waals surface area contributed by atoms with E-state index in [-0.39, 0.29) is 103 Å². The van der Waals surface area contributed by atoms with E-state index in [1.807, 2.05) is 0 Å². The van der Waals surface area contributed by atoms with Gasteiger partial charge in [0.1, 0.15) is 0 Å². The maximum Gasteiger partial charge on any atom is 1.00 e. The maximum atomic E-state index is 8.52. The molecular formula is C9H20K2O5S. The number of aliphatic hydroxyl groups excluding tert-OH is 1. The summed E-state index contributed by atoms with van der Waals surface area (Å²) in [6.45, 7) is 2.60. The first-order chi connectivity index (χ1) is 6.91. The molecule has 0 aromatic rings. The Morgan fingerprint density at radius 2 is 1.18 bits per heavy atom. The smallest absolute Gasteiger partial charge is 0.759 e. The van der Waals surface area contributed by atoms with Crippen molar-refractivity contribution in [2.24, 2.45) is 0 Å². The molecule has 0 spiro atoms. The molecule has 0 aromatic heterocycles. The van der Waals surface area contributed by atoms with Crippen LogP contribution in [0.4, 0.5) is 0 Å². The fourth-order valence-electron chi connectivity index (χ4n) is 1.07. The number of rotatable bonds is 7.